The van der Waals surface area contributed by atoms with Crippen LogP contribution in [0.5, 0.6) is 5.75 Å². The molecule has 1 aromatic heterocycles. The summed E-state index contributed by atoms with van der Waals surface area (Å²) >= 11 is 0. The molecule has 0 aliphatic rings. The average Bonchev–Trinajstić information content (AvgIpc) is 2.62. The molecule has 1 heterocycles. The van der Waals surface area contributed by atoms with Gasteiger partial charge >= 0.3 is 0 Å². The zero-order chi connectivity index (χ0) is 11.7. The van der Waals surface area contributed by atoms with Crippen LogP contribution in [0.25, 0.3) is 10.9 Å². The van der Waals surface area contributed by atoms with Crippen LogP contribution < -0.4 is 0 Å². The first-order valence-electron chi connectivity index (χ1n) is 5.03. The maximum Gasteiger partial charge on any atom is 0.293 e. The van der Waals surface area contributed by atoms with Crippen molar-refractivity contribution in [3.63, 3.8) is 0 Å². The van der Waals surface area contributed by atoms with E-state index in [4.69, 9.17) is 4.74 Å². The van der Waals surface area contributed by atoms with Gasteiger partial charge in [-0.25, -0.2) is 0 Å². The summed E-state index contributed by atoms with van der Waals surface area (Å²) in [5, 5.41) is 10.5. The van der Waals surface area contributed by atoms with E-state index in [-0.39, 0.29) is 11.9 Å². The summed E-state index contributed by atoms with van der Waals surface area (Å²) in [6, 6.07) is 3.54. The van der Waals surface area contributed by atoms with Crippen molar-refractivity contribution >= 4 is 17.4 Å². The van der Waals surface area contributed by atoms with E-state index in [9.17, 15) is 9.90 Å². The molecule has 2 rings (SSSR count). The Kier molecular flexibility index (Phi) is 2.56. The van der Waals surface area contributed by atoms with Crippen LogP contribution in [0.15, 0.2) is 18.3 Å². The molecule has 2 N–H and O–H groups in total. The highest BCUT2D eigenvalue weighted by Crippen LogP contribution is 2.30. The number of benzene rings is 1. The molecule has 1 unspecified atom stereocenters. The number of fused-ring (bicyclic) bond motifs is 1. The average molecular weight is 219 g/mol. The number of carbonyl (C=O) groups excluding carboxylic acids is 1. The Morgan fingerprint density at radius 3 is 2.94 bits per heavy atom. The van der Waals surface area contributed by atoms with E-state index in [1.165, 1.54) is 0 Å². The molecular weight excluding hydrogens is 206 g/mol. The number of phenolic OH excluding ortho intramolecular Hbond substituents is 1. The number of aromatic amines is 1. The maximum atomic E-state index is 10.3. The van der Waals surface area contributed by atoms with E-state index in [2.05, 4.69) is 4.98 Å². The van der Waals surface area contributed by atoms with Gasteiger partial charge in [-0.3, -0.25) is 4.79 Å². The largest absolute Gasteiger partial charge is 0.508 e. The van der Waals surface area contributed by atoms with Crippen LogP contribution in [0.3, 0.4) is 0 Å². The number of phenols is 1. The quantitative estimate of drug-likeness (QED) is 0.779. The summed E-state index contributed by atoms with van der Waals surface area (Å²) in [5.41, 5.74) is 2.59. The van der Waals surface area contributed by atoms with Crippen molar-refractivity contribution < 1.29 is 14.6 Å². The van der Waals surface area contributed by atoms with Crippen LogP contribution >= 0.6 is 0 Å². The van der Waals surface area contributed by atoms with Crippen LogP contribution in [-0.2, 0) is 9.53 Å². The summed E-state index contributed by atoms with van der Waals surface area (Å²) in [7, 11) is 0. The van der Waals surface area contributed by atoms with Gasteiger partial charge in [-0.05, 0) is 31.5 Å². The normalized spacial score (nSPS) is 12.6. The van der Waals surface area contributed by atoms with Crippen LogP contribution in [0.4, 0.5) is 0 Å². The Morgan fingerprint density at radius 1 is 1.50 bits per heavy atom. The highest BCUT2D eigenvalue weighted by molar-refractivity contribution is 5.86. The molecule has 84 valence electrons. The van der Waals surface area contributed by atoms with Gasteiger partial charge in [-0.15, -0.1) is 0 Å². The fraction of sp³-hybridized carbons (Fsp3) is 0.250. The van der Waals surface area contributed by atoms with Crippen LogP contribution in [0, 0.1) is 6.92 Å². The lowest BCUT2D eigenvalue weighted by Crippen LogP contribution is -1.96. The smallest absolute Gasteiger partial charge is 0.293 e. The first-order chi connectivity index (χ1) is 7.63. The van der Waals surface area contributed by atoms with Crippen molar-refractivity contribution in [2.45, 2.75) is 20.0 Å². The van der Waals surface area contributed by atoms with E-state index in [0.29, 0.717) is 6.47 Å². The molecule has 0 saturated carbocycles. The monoisotopic (exact) mass is 219 g/mol. The number of hydrogen-bond donors (Lipinski definition) is 2. The number of H-pyrrole nitrogens is 1. The minimum Gasteiger partial charge on any atom is -0.508 e. The SMILES string of the molecule is Cc1cc2[nH]cc(C(C)OC=O)c2cc1O. The minimum absolute atomic E-state index is 0.242. The lowest BCUT2D eigenvalue weighted by atomic mass is 10.1. The Morgan fingerprint density at radius 2 is 2.25 bits per heavy atom. The maximum absolute atomic E-state index is 10.3. The highest BCUT2D eigenvalue weighted by atomic mass is 16.5. The summed E-state index contributed by atoms with van der Waals surface area (Å²) in [5.74, 6) is 0.242. The Balaban J connectivity index is 2.55. The summed E-state index contributed by atoms with van der Waals surface area (Å²) in [6.07, 6.45) is 1.46. The van der Waals surface area contributed by atoms with E-state index in [0.717, 1.165) is 22.0 Å². The van der Waals surface area contributed by atoms with Gasteiger partial charge in [0.1, 0.15) is 11.9 Å². The number of ether oxygens (including phenoxy) is 1. The lowest BCUT2D eigenvalue weighted by molar-refractivity contribution is -0.133. The van der Waals surface area contributed by atoms with E-state index in [1.54, 1.807) is 19.2 Å². The van der Waals surface area contributed by atoms with Gasteiger partial charge < -0.3 is 14.8 Å². The molecule has 2 aromatic rings. The number of rotatable bonds is 3. The van der Waals surface area contributed by atoms with Gasteiger partial charge in [-0.2, -0.15) is 0 Å². The van der Waals surface area contributed by atoms with Gasteiger partial charge in [0.05, 0.1) is 0 Å². The first kappa shape index (κ1) is 10.5. The fourth-order valence-corrected chi connectivity index (χ4v) is 1.78. The van der Waals surface area contributed by atoms with Crippen molar-refractivity contribution in [1.29, 1.82) is 0 Å². The number of carbonyl (C=O) groups is 1. The third-order valence-electron chi connectivity index (χ3n) is 2.73. The standard InChI is InChI=1S/C12H13NO3/c1-7-3-11-9(4-12(7)15)10(5-13-11)8(2)16-6-14/h3-6,8,13,15H,1-2H3. The Labute approximate surface area is 92.9 Å². The molecule has 0 fully saturated rings. The van der Waals surface area contributed by atoms with Crippen molar-refractivity contribution in [3.8, 4) is 5.75 Å². The van der Waals surface area contributed by atoms with Crippen molar-refractivity contribution in [3.05, 3.63) is 29.5 Å². The zero-order valence-corrected chi connectivity index (χ0v) is 9.15. The second-order valence-electron chi connectivity index (χ2n) is 3.80. The molecule has 0 radical (unpaired) electrons. The molecule has 4 heteroatoms. The fourth-order valence-electron chi connectivity index (χ4n) is 1.78. The number of aryl methyl sites for hydroxylation is 1. The van der Waals surface area contributed by atoms with Gasteiger partial charge in [-0.1, -0.05) is 0 Å². The van der Waals surface area contributed by atoms with Crippen molar-refractivity contribution in [2.24, 2.45) is 0 Å². The predicted molar refractivity (Wildman–Crippen MR) is 60.3 cm³/mol. The molecule has 16 heavy (non-hydrogen) atoms. The van der Waals surface area contributed by atoms with Gasteiger partial charge in [0.25, 0.3) is 6.47 Å². The molecule has 0 aliphatic carbocycles. The number of nitrogens with one attached hydrogen (secondary N) is 1. The van der Waals surface area contributed by atoms with Crippen LogP contribution in [-0.4, -0.2) is 16.6 Å². The van der Waals surface area contributed by atoms with Gasteiger partial charge in [0, 0.05) is 22.7 Å². The molecule has 1 atom stereocenters. The Hall–Kier alpha value is -1.97. The Bertz CT molecular complexity index is 530. The molecule has 0 bridgehead atoms. The summed E-state index contributed by atoms with van der Waals surface area (Å²) in [6.45, 7) is 4.05. The molecule has 0 saturated heterocycles. The van der Waals surface area contributed by atoms with Crippen molar-refractivity contribution in [2.75, 3.05) is 0 Å². The summed E-state index contributed by atoms with van der Waals surface area (Å²) in [4.78, 5) is 13.4. The molecule has 0 aliphatic heterocycles. The van der Waals surface area contributed by atoms with E-state index in [1.807, 2.05) is 13.0 Å². The van der Waals surface area contributed by atoms with Crippen molar-refractivity contribution in [1.82, 2.24) is 4.98 Å². The predicted octanol–water partition coefficient (Wildman–Crippen LogP) is 2.42. The number of aromatic nitrogens is 1. The van der Waals surface area contributed by atoms with E-state index < -0.39 is 0 Å². The molecule has 1 aromatic carbocycles. The van der Waals surface area contributed by atoms with E-state index >= 15 is 0 Å². The number of aromatic hydroxyl groups is 1. The third kappa shape index (κ3) is 1.62. The number of hydrogen-bond acceptors (Lipinski definition) is 3. The first-order valence-corrected chi connectivity index (χ1v) is 5.03. The zero-order valence-electron chi connectivity index (χ0n) is 9.15. The summed E-state index contributed by atoms with van der Waals surface area (Å²) < 4.78 is 4.88. The second-order valence-corrected chi connectivity index (χ2v) is 3.80. The molecule has 4 nitrogen and oxygen atoms in total. The third-order valence-corrected chi connectivity index (χ3v) is 2.73. The van der Waals surface area contributed by atoms with Crippen LogP contribution in [0.2, 0.25) is 0 Å². The topological polar surface area (TPSA) is 62.3 Å². The molecule has 0 spiro atoms. The molecular formula is C12H13NO3. The minimum atomic E-state index is -0.326. The highest BCUT2D eigenvalue weighted by Gasteiger charge is 2.13. The van der Waals surface area contributed by atoms with Gasteiger partial charge in [0.15, 0.2) is 0 Å². The van der Waals surface area contributed by atoms with Crippen LogP contribution in [0.1, 0.15) is 24.2 Å². The molecule has 0 amide bonds. The lowest BCUT2D eigenvalue weighted by Gasteiger charge is -2.08. The second kappa shape index (κ2) is 3.89. The van der Waals surface area contributed by atoms with Gasteiger partial charge in [0.2, 0.25) is 0 Å².